The van der Waals surface area contributed by atoms with E-state index in [2.05, 4.69) is 21.2 Å². The van der Waals surface area contributed by atoms with Crippen LogP contribution < -0.4 is 10.1 Å². The second kappa shape index (κ2) is 8.92. The van der Waals surface area contributed by atoms with E-state index in [9.17, 15) is 18.8 Å². The minimum Gasteiger partial charge on any atom is -0.493 e. The summed E-state index contributed by atoms with van der Waals surface area (Å²) in [6.07, 6.45) is 0. The molecule has 0 saturated heterocycles. The lowest BCUT2D eigenvalue weighted by molar-refractivity contribution is 0.0642. The van der Waals surface area contributed by atoms with Crippen LogP contribution in [0.15, 0.2) is 65.1 Å². The highest BCUT2D eigenvalue weighted by Gasteiger charge is 2.35. The Balaban J connectivity index is 1.61. The Morgan fingerprint density at radius 1 is 1.03 bits per heavy atom. The van der Waals surface area contributed by atoms with Gasteiger partial charge in [-0.05, 0) is 55.0 Å². The van der Waals surface area contributed by atoms with Gasteiger partial charge in [-0.1, -0.05) is 34.1 Å². The first kappa shape index (κ1) is 21.7. The predicted octanol–water partition coefficient (Wildman–Crippen LogP) is 5.04. The first-order chi connectivity index (χ1) is 15.4. The highest BCUT2D eigenvalue weighted by molar-refractivity contribution is 9.10. The Labute approximate surface area is 192 Å². The van der Waals surface area contributed by atoms with Crippen LogP contribution in [0.1, 0.15) is 43.6 Å². The zero-order valence-corrected chi connectivity index (χ0v) is 18.6. The maximum atomic E-state index is 14.2. The lowest BCUT2D eigenvalue weighted by atomic mass is 10.1. The number of carbonyl (C=O) groups is 3. The first-order valence-corrected chi connectivity index (χ1v) is 10.7. The SMILES string of the molecule is CCOc1ccc(CN2C(=O)c3ccccc3C2=O)cc1C(=O)Nc1ccc(Br)cc1F. The molecule has 4 rings (SSSR count). The molecule has 3 aromatic carbocycles. The topological polar surface area (TPSA) is 75.7 Å². The van der Waals surface area contributed by atoms with Crippen molar-refractivity contribution in [3.8, 4) is 5.75 Å². The van der Waals surface area contributed by atoms with E-state index in [4.69, 9.17) is 4.74 Å². The Kier molecular flexibility index (Phi) is 6.05. The van der Waals surface area contributed by atoms with Crippen molar-refractivity contribution in [1.29, 1.82) is 0 Å². The van der Waals surface area contributed by atoms with Crippen molar-refractivity contribution in [3.05, 3.63) is 93.2 Å². The van der Waals surface area contributed by atoms with Crippen LogP contribution in [0.2, 0.25) is 0 Å². The third-order valence-electron chi connectivity index (χ3n) is 4.99. The van der Waals surface area contributed by atoms with E-state index in [0.717, 1.165) is 4.90 Å². The molecule has 0 saturated carbocycles. The zero-order chi connectivity index (χ0) is 22.8. The van der Waals surface area contributed by atoms with Crippen LogP contribution in [0, 0.1) is 5.82 Å². The van der Waals surface area contributed by atoms with Crippen LogP contribution >= 0.6 is 15.9 Å². The molecule has 0 radical (unpaired) electrons. The van der Waals surface area contributed by atoms with E-state index in [1.807, 2.05) is 0 Å². The number of ether oxygens (including phenoxy) is 1. The van der Waals surface area contributed by atoms with Gasteiger partial charge >= 0.3 is 0 Å². The third-order valence-corrected chi connectivity index (χ3v) is 5.48. The van der Waals surface area contributed by atoms with Crippen molar-refractivity contribution >= 4 is 39.3 Å². The summed E-state index contributed by atoms with van der Waals surface area (Å²) < 4.78 is 20.3. The van der Waals surface area contributed by atoms with E-state index in [1.54, 1.807) is 55.5 Å². The molecule has 1 aliphatic heterocycles. The molecule has 162 valence electrons. The van der Waals surface area contributed by atoms with E-state index < -0.39 is 11.7 Å². The van der Waals surface area contributed by atoms with Crippen LogP contribution in [-0.4, -0.2) is 29.2 Å². The summed E-state index contributed by atoms with van der Waals surface area (Å²) in [5.41, 5.74) is 1.46. The molecule has 0 fully saturated rings. The number of fused-ring (bicyclic) bond motifs is 1. The van der Waals surface area contributed by atoms with Gasteiger partial charge in [0, 0.05) is 4.47 Å². The highest BCUT2D eigenvalue weighted by atomic mass is 79.9. The number of amides is 3. The van der Waals surface area contributed by atoms with Crippen LogP contribution in [0.3, 0.4) is 0 Å². The summed E-state index contributed by atoms with van der Waals surface area (Å²) in [5, 5.41) is 2.54. The molecule has 1 N–H and O–H groups in total. The van der Waals surface area contributed by atoms with Gasteiger partial charge < -0.3 is 10.1 Å². The van der Waals surface area contributed by atoms with E-state index in [-0.39, 0.29) is 29.6 Å². The number of halogens is 2. The van der Waals surface area contributed by atoms with Crippen molar-refractivity contribution < 1.29 is 23.5 Å². The van der Waals surface area contributed by atoms with Gasteiger partial charge in [0.2, 0.25) is 0 Å². The Hall–Kier alpha value is -3.52. The van der Waals surface area contributed by atoms with Gasteiger partial charge in [-0.25, -0.2) is 4.39 Å². The number of imide groups is 1. The van der Waals surface area contributed by atoms with Crippen molar-refractivity contribution in [2.45, 2.75) is 13.5 Å². The number of nitrogens with zero attached hydrogens (tertiary/aromatic N) is 1. The molecule has 0 spiro atoms. The number of rotatable bonds is 6. The van der Waals surface area contributed by atoms with Gasteiger partial charge in [0.1, 0.15) is 11.6 Å². The zero-order valence-electron chi connectivity index (χ0n) is 17.0. The molecule has 3 aromatic rings. The van der Waals surface area contributed by atoms with E-state index in [0.29, 0.717) is 33.5 Å². The average molecular weight is 497 g/mol. The predicted molar refractivity (Wildman–Crippen MR) is 120 cm³/mol. The molecule has 1 aliphatic rings. The number of anilines is 1. The molecular formula is C24H18BrFN2O4. The molecule has 8 heteroatoms. The minimum atomic E-state index is -0.590. The fraction of sp³-hybridized carbons (Fsp3) is 0.125. The lowest BCUT2D eigenvalue weighted by Crippen LogP contribution is -2.29. The third kappa shape index (κ3) is 4.13. The quantitative estimate of drug-likeness (QED) is 0.485. The number of carbonyl (C=O) groups excluding carboxylic acids is 3. The molecule has 6 nitrogen and oxygen atoms in total. The highest BCUT2D eigenvalue weighted by Crippen LogP contribution is 2.28. The molecule has 0 aliphatic carbocycles. The number of benzene rings is 3. The van der Waals surface area contributed by atoms with Crippen LogP contribution in [0.25, 0.3) is 0 Å². The van der Waals surface area contributed by atoms with Crippen LogP contribution in [0.4, 0.5) is 10.1 Å². The Bertz CT molecular complexity index is 1210. The summed E-state index contributed by atoms with van der Waals surface area (Å²) in [6, 6.07) is 15.8. The number of nitrogens with one attached hydrogen (secondary N) is 1. The van der Waals surface area contributed by atoms with Crippen molar-refractivity contribution in [3.63, 3.8) is 0 Å². The number of hydrogen-bond acceptors (Lipinski definition) is 4. The van der Waals surface area contributed by atoms with Gasteiger partial charge in [-0.2, -0.15) is 0 Å². The largest absolute Gasteiger partial charge is 0.493 e. The second-order valence-corrected chi connectivity index (χ2v) is 8.00. The van der Waals surface area contributed by atoms with Crippen molar-refractivity contribution in [2.75, 3.05) is 11.9 Å². The van der Waals surface area contributed by atoms with Crippen molar-refractivity contribution in [1.82, 2.24) is 4.90 Å². The molecule has 0 aromatic heterocycles. The summed E-state index contributed by atoms with van der Waals surface area (Å²) in [5.74, 6) is -1.62. The monoisotopic (exact) mass is 496 g/mol. The summed E-state index contributed by atoms with van der Waals surface area (Å²) in [7, 11) is 0. The fourth-order valence-electron chi connectivity index (χ4n) is 3.48. The van der Waals surface area contributed by atoms with Gasteiger partial charge in [0.15, 0.2) is 0 Å². The summed E-state index contributed by atoms with van der Waals surface area (Å²) in [4.78, 5) is 39.4. The van der Waals surface area contributed by atoms with Crippen LogP contribution in [0.5, 0.6) is 5.75 Å². The Morgan fingerprint density at radius 3 is 2.34 bits per heavy atom. The summed E-state index contributed by atoms with van der Waals surface area (Å²) in [6.45, 7) is 2.10. The molecule has 0 bridgehead atoms. The van der Waals surface area contributed by atoms with E-state index in [1.165, 1.54) is 12.1 Å². The normalized spacial score (nSPS) is 12.7. The maximum absolute atomic E-state index is 14.2. The molecule has 1 heterocycles. The minimum absolute atomic E-state index is 0.00826. The molecular weight excluding hydrogens is 479 g/mol. The van der Waals surface area contributed by atoms with Crippen LogP contribution in [-0.2, 0) is 6.54 Å². The first-order valence-electron chi connectivity index (χ1n) is 9.86. The van der Waals surface area contributed by atoms with Crippen molar-refractivity contribution in [2.24, 2.45) is 0 Å². The Morgan fingerprint density at radius 2 is 1.72 bits per heavy atom. The standard InChI is InChI=1S/C24H18BrFN2O4/c1-2-32-21-10-7-14(13-28-23(30)16-5-3-4-6-17(16)24(28)31)11-18(21)22(29)27-20-9-8-15(25)12-19(20)26/h3-12H,2,13H2,1H3,(H,27,29). The maximum Gasteiger partial charge on any atom is 0.261 e. The van der Waals surface area contributed by atoms with E-state index >= 15 is 0 Å². The molecule has 32 heavy (non-hydrogen) atoms. The van der Waals surface area contributed by atoms with Gasteiger partial charge in [-0.15, -0.1) is 0 Å². The number of hydrogen-bond donors (Lipinski definition) is 1. The van der Waals surface area contributed by atoms with Gasteiger partial charge in [0.05, 0.1) is 35.5 Å². The molecule has 0 atom stereocenters. The smallest absolute Gasteiger partial charge is 0.261 e. The average Bonchev–Trinajstić information content (AvgIpc) is 3.02. The fourth-order valence-corrected chi connectivity index (χ4v) is 3.81. The molecule has 3 amide bonds. The molecule has 0 unspecified atom stereocenters. The van der Waals surface area contributed by atoms with Gasteiger partial charge in [-0.3, -0.25) is 19.3 Å². The second-order valence-electron chi connectivity index (χ2n) is 7.08. The lowest BCUT2D eigenvalue weighted by Gasteiger charge is -2.16. The van der Waals surface area contributed by atoms with Gasteiger partial charge in [0.25, 0.3) is 17.7 Å². The summed E-state index contributed by atoms with van der Waals surface area (Å²) >= 11 is 3.18.